The maximum Gasteiger partial charge on any atom is 0.0782 e. The van der Waals surface area contributed by atoms with Crippen LogP contribution in [0.2, 0.25) is 0 Å². The van der Waals surface area contributed by atoms with Gasteiger partial charge in [-0.2, -0.15) is 0 Å². The summed E-state index contributed by atoms with van der Waals surface area (Å²) < 4.78 is 7.31. The third-order valence-electron chi connectivity index (χ3n) is 27.4. The fraction of sp³-hybridized carbons (Fsp3) is 0. The smallest absolute Gasteiger partial charge is 0.0782 e. The molecule has 3 heterocycles. The van der Waals surface area contributed by atoms with Crippen LogP contribution in [0.4, 0.5) is 51.2 Å². The largest absolute Gasteiger partial charge is 0.310 e. The van der Waals surface area contributed by atoms with Gasteiger partial charge in [0.15, 0.2) is 0 Å². The second-order valence-corrected chi connectivity index (χ2v) is 35.5. The van der Waals surface area contributed by atoms with Crippen LogP contribution in [0, 0.1) is 0 Å². The molecule has 6 heteroatoms. The third kappa shape index (κ3) is 14.9. The highest BCUT2D eigenvalue weighted by atomic mass is 15.2. The number of anilines is 9. The molecule has 0 atom stereocenters. The minimum atomic E-state index is 1.11. The minimum Gasteiger partial charge on any atom is -0.310 e. The molecule has 0 bridgehead atoms. The molecule has 27 aromatic rings. The van der Waals surface area contributed by atoms with Crippen LogP contribution >= 0.6 is 0 Å². The molecule has 0 aliphatic rings. The zero-order valence-corrected chi connectivity index (χ0v) is 75.6. The Bertz CT molecular complexity index is 9180. The highest BCUT2D eigenvalue weighted by Gasteiger charge is 2.26. The fourth-order valence-electron chi connectivity index (χ4n) is 20.9. The van der Waals surface area contributed by atoms with Gasteiger partial charge >= 0.3 is 0 Å². The molecule has 0 spiro atoms. The average molecular weight is 1760 g/mol. The van der Waals surface area contributed by atoms with Gasteiger partial charge in [-0.05, 0) is 246 Å². The van der Waals surface area contributed by atoms with Gasteiger partial charge in [-0.1, -0.05) is 382 Å². The molecule has 0 unspecified atom stereocenters. The van der Waals surface area contributed by atoms with Crippen molar-refractivity contribution < 1.29 is 0 Å². The summed E-state index contributed by atoms with van der Waals surface area (Å²) in [5.41, 5.74) is 28.1. The van der Waals surface area contributed by atoms with E-state index < -0.39 is 0 Å². The van der Waals surface area contributed by atoms with E-state index in [-0.39, 0.29) is 0 Å². The molecule has 0 fully saturated rings. The summed E-state index contributed by atoms with van der Waals surface area (Å²) in [5.74, 6) is 0. The van der Waals surface area contributed by atoms with Crippen molar-refractivity contribution >= 4 is 181 Å². The van der Waals surface area contributed by atoms with Crippen molar-refractivity contribution in [1.29, 1.82) is 0 Å². The summed E-state index contributed by atoms with van der Waals surface area (Å²) in [6, 6.07) is 197. The van der Waals surface area contributed by atoms with Crippen molar-refractivity contribution in [2.75, 3.05) is 14.7 Å². The number of para-hydroxylation sites is 7. The molecule has 0 N–H and O–H groups in total. The van der Waals surface area contributed by atoms with E-state index in [2.05, 4.69) is 574 Å². The van der Waals surface area contributed by atoms with E-state index >= 15 is 0 Å². The van der Waals surface area contributed by atoms with Crippen molar-refractivity contribution in [1.82, 2.24) is 13.7 Å². The van der Waals surface area contributed by atoms with Gasteiger partial charge in [-0.25, -0.2) is 0 Å². The summed E-state index contributed by atoms with van der Waals surface area (Å²) in [6.07, 6.45) is 0. The van der Waals surface area contributed by atoms with Gasteiger partial charge in [0, 0.05) is 111 Å². The van der Waals surface area contributed by atoms with E-state index in [1.54, 1.807) is 0 Å². The number of rotatable bonds is 15. The van der Waals surface area contributed by atoms with Crippen LogP contribution in [0.15, 0.2) is 546 Å². The molecular formula is C132H90N6. The summed E-state index contributed by atoms with van der Waals surface area (Å²) in [7, 11) is 0. The molecule has 138 heavy (non-hydrogen) atoms. The van der Waals surface area contributed by atoms with Crippen LogP contribution in [0.5, 0.6) is 0 Å². The quantitative estimate of drug-likeness (QED) is 0.102. The van der Waals surface area contributed by atoms with Gasteiger partial charge < -0.3 is 28.4 Å². The topological polar surface area (TPSA) is 24.5 Å². The lowest BCUT2D eigenvalue weighted by Gasteiger charge is -2.27. The Morgan fingerprint density at radius 3 is 0.812 bits per heavy atom. The summed E-state index contributed by atoms with van der Waals surface area (Å²) >= 11 is 0. The number of hydrogen-bond acceptors (Lipinski definition) is 3. The average Bonchev–Trinajstić information content (AvgIpc) is 1.56. The Kier molecular flexibility index (Phi) is 20.9. The number of aromatic nitrogens is 3. The van der Waals surface area contributed by atoms with E-state index in [4.69, 9.17) is 0 Å². The predicted molar refractivity (Wildman–Crippen MR) is 588 cm³/mol. The number of hydrogen-bond donors (Lipinski definition) is 0. The molecule has 648 valence electrons. The molecule has 0 radical (unpaired) electrons. The van der Waals surface area contributed by atoms with Crippen LogP contribution in [0.1, 0.15) is 0 Å². The van der Waals surface area contributed by atoms with Gasteiger partial charge in [0.2, 0.25) is 0 Å². The maximum absolute atomic E-state index is 2.46. The van der Waals surface area contributed by atoms with Gasteiger partial charge in [-0.3, -0.25) is 0 Å². The highest BCUT2D eigenvalue weighted by molar-refractivity contribution is 6.23. The lowest BCUT2D eigenvalue weighted by molar-refractivity contribution is 1.17. The molecule has 6 nitrogen and oxygen atoms in total. The normalized spacial score (nSPS) is 11.5. The van der Waals surface area contributed by atoms with Gasteiger partial charge in [0.25, 0.3) is 0 Å². The molecule has 0 aliphatic heterocycles. The Labute approximate surface area is 800 Å². The molecule has 24 aromatic carbocycles. The first-order valence-electron chi connectivity index (χ1n) is 47.3. The number of fused-ring (bicyclic) bond motifs is 18. The van der Waals surface area contributed by atoms with E-state index in [9.17, 15) is 0 Å². The number of nitrogens with zero attached hydrogens (tertiary/aromatic N) is 6. The van der Waals surface area contributed by atoms with Crippen molar-refractivity contribution in [3.8, 4) is 50.4 Å². The Morgan fingerprint density at radius 1 is 0.123 bits per heavy atom. The van der Waals surface area contributed by atoms with E-state index in [1.807, 2.05) is 0 Å². The zero-order valence-electron chi connectivity index (χ0n) is 75.6. The van der Waals surface area contributed by atoms with Crippen LogP contribution in [-0.2, 0) is 0 Å². The fourth-order valence-corrected chi connectivity index (χ4v) is 20.9. The molecule has 0 saturated heterocycles. The summed E-state index contributed by atoms with van der Waals surface area (Å²) in [6.45, 7) is 0. The minimum absolute atomic E-state index is 1.11. The second kappa shape index (κ2) is 35.3. The van der Waals surface area contributed by atoms with Gasteiger partial charge in [0.1, 0.15) is 0 Å². The third-order valence-corrected chi connectivity index (χ3v) is 27.4. The standard InChI is InChI=1S/3C44H30N2/c1-3-15-36(16-4-1)45(38-27-24-32(25-28-38)35-23-22-31-12-7-8-14-34(31)30-35)42-21-11-20-40-41-29-26-33-13-9-10-19-39(33)43(41)46(44(40)42)37-17-5-2-6-18-37;1-3-14-36(15-4-1)45(38-24-21-32(22-25-38)35-20-19-31-11-7-8-13-34(31)29-35)39-26-28-41-42-27-23-33-12-9-10-18-40(33)44(42)46(43(41)30-39)37-16-5-2-6-17-37;1-3-14-36(15-4-1)45(38-24-21-32(22-25-38)35-20-19-31-11-7-8-13-34(31)29-35)39-26-28-43-42(30-39)41-27-23-33-12-9-10-18-40(33)44(41)46(43)37-16-5-2-6-17-37/h3*1-30H. The Hall–Kier alpha value is -18.4. The molecule has 0 saturated carbocycles. The summed E-state index contributed by atoms with van der Waals surface area (Å²) in [5, 5.41) is 22.5. The van der Waals surface area contributed by atoms with E-state index in [0.29, 0.717) is 0 Å². The molecule has 0 amide bonds. The monoisotopic (exact) mass is 1760 g/mol. The van der Waals surface area contributed by atoms with Crippen LogP contribution < -0.4 is 14.7 Å². The lowest BCUT2D eigenvalue weighted by Crippen LogP contribution is -2.11. The zero-order chi connectivity index (χ0) is 91.4. The molecule has 3 aromatic heterocycles. The molecular weight excluding hydrogens is 1670 g/mol. The first kappa shape index (κ1) is 81.6. The Morgan fingerprint density at radius 2 is 0.391 bits per heavy atom. The summed E-state index contributed by atoms with van der Waals surface area (Å²) in [4.78, 5) is 7.11. The van der Waals surface area contributed by atoms with Crippen molar-refractivity contribution in [2.45, 2.75) is 0 Å². The maximum atomic E-state index is 2.46. The predicted octanol–water partition coefficient (Wildman–Crippen LogP) is 36.7. The van der Waals surface area contributed by atoms with E-state index in [0.717, 1.165) is 68.2 Å². The van der Waals surface area contributed by atoms with Crippen LogP contribution in [0.25, 0.3) is 180 Å². The van der Waals surface area contributed by atoms with Crippen molar-refractivity contribution in [2.24, 2.45) is 0 Å². The molecule has 27 rings (SSSR count). The SMILES string of the molecule is c1ccc(N(c2ccc(-c3ccc4ccccc4c3)cc2)c2ccc3c(c2)c2ccc4ccccc4c2n3-c2ccccc2)cc1.c1ccc(N(c2ccc(-c3ccc4ccccc4c3)cc2)c2ccc3c4ccc5ccccc5c4n(-c4ccccc4)c3c2)cc1.c1ccc(N(c2ccc(-c3ccc4ccccc4c3)cc2)c2cccc3c4ccc5ccccc5c4n(-c4ccccc4)c23)cc1. The highest BCUT2D eigenvalue weighted by Crippen LogP contribution is 2.49. The Balaban J connectivity index is 0.000000110. The lowest BCUT2D eigenvalue weighted by atomic mass is 10.0. The first-order valence-corrected chi connectivity index (χ1v) is 47.3. The number of benzene rings is 24. The van der Waals surface area contributed by atoms with Crippen LogP contribution in [-0.4, -0.2) is 13.7 Å². The van der Waals surface area contributed by atoms with E-state index in [1.165, 1.54) is 163 Å². The molecule has 0 aliphatic carbocycles. The van der Waals surface area contributed by atoms with Crippen molar-refractivity contribution in [3.05, 3.63) is 546 Å². The van der Waals surface area contributed by atoms with Gasteiger partial charge in [0.05, 0.1) is 38.8 Å². The second-order valence-electron chi connectivity index (χ2n) is 35.5. The van der Waals surface area contributed by atoms with Gasteiger partial charge in [-0.15, -0.1) is 0 Å². The van der Waals surface area contributed by atoms with Crippen molar-refractivity contribution in [3.63, 3.8) is 0 Å². The van der Waals surface area contributed by atoms with Crippen LogP contribution in [0.3, 0.4) is 0 Å². The first-order chi connectivity index (χ1) is 68.5.